The molecule has 0 unspecified atom stereocenters. The number of hydrogen-bond donors (Lipinski definition) is 0. The predicted octanol–water partition coefficient (Wildman–Crippen LogP) is 1.45. The highest BCUT2D eigenvalue weighted by Gasteiger charge is 2.52. The van der Waals surface area contributed by atoms with E-state index in [0.717, 1.165) is 18.6 Å². The fraction of sp³-hybridized carbons (Fsp3) is 0.800. The number of rotatable bonds is 3. The van der Waals surface area contributed by atoms with Crippen LogP contribution in [0.2, 0.25) is 0 Å². The van der Waals surface area contributed by atoms with Gasteiger partial charge in [0.1, 0.15) is 0 Å². The highest BCUT2D eigenvalue weighted by molar-refractivity contribution is 6.61. The van der Waals surface area contributed by atoms with Crippen LogP contribution in [0, 0.1) is 0 Å². The van der Waals surface area contributed by atoms with E-state index in [9.17, 15) is 0 Å². The van der Waals surface area contributed by atoms with Crippen LogP contribution in [-0.2, 0) is 9.31 Å². The molecule has 0 aromatic carbocycles. The first kappa shape index (κ1) is 15.1. The van der Waals surface area contributed by atoms with Crippen LogP contribution in [0.4, 0.5) is 0 Å². The Morgan fingerprint density at radius 3 is 2.29 bits per heavy atom. The molecule has 5 nitrogen and oxygen atoms in total. The monoisotopic (exact) mass is 291 g/mol. The molecule has 2 aliphatic rings. The van der Waals surface area contributed by atoms with E-state index in [1.165, 1.54) is 0 Å². The quantitative estimate of drug-likeness (QED) is 0.790. The van der Waals surface area contributed by atoms with Crippen molar-refractivity contribution in [2.75, 3.05) is 13.1 Å². The number of nitrogens with zero attached hydrogens (tertiary/aromatic N) is 3. The van der Waals surface area contributed by atoms with Crippen molar-refractivity contribution < 1.29 is 9.31 Å². The highest BCUT2D eigenvalue weighted by Crippen LogP contribution is 2.36. The normalized spacial score (nSPS) is 25.6. The van der Waals surface area contributed by atoms with E-state index < -0.39 is 0 Å². The largest absolute Gasteiger partial charge is 0.498 e. The summed E-state index contributed by atoms with van der Waals surface area (Å²) in [5, 5.41) is 4.50. The van der Waals surface area contributed by atoms with E-state index in [0.29, 0.717) is 12.1 Å². The van der Waals surface area contributed by atoms with Gasteiger partial charge < -0.3 is 9.31 Å². The number of likely N-dealkylation sites (tertiary alicyclic amines) is 1. The second kappa shape index (κ2) is 4.83. The molecule has 3 heterocycles. The van der Waals surface area contributed by atoms with Crippen LogP contribution in [0.15, 0.2) is 12.4 Å². The minimum Gasteiger partial charge on any atom is -0.399 e. The Bertz CT molecular complexity index is 505. The van der Waals surface area contributed by atoms with E-state index in [1.54, 1.807) is 0 Å². The summed E-state index contributed by atoms with van der Waals surface area (Å²) in [6.45, 7) is 14.9. The van der Waals surface area contributed by atoms with E-state index in [2.05, 4.69) is 62.4 Å². The average molecular weight is 291 g/mol. The maximum atomic E-state index is 6.07. The van der Waals surface area contributed by atoms with Crippen LogP contribution in [0.1, 0.15) is 47.6 Å². The van der Waals surface area contributed by atoms with E-state index in [1.807, 2.05) is 6.20 Å². The zero-order valence-electron chi connectivity index (χ0n) is 14.0. The third-order valence-electron chi connectivity index (χ3n) is 5.14. The SMILES string of the molecule is CC(C)N1CC(n2cc(B3OC(C)(C)C(C)(C)O3)cn2)C1. The third-order valence-corrected chi connectivity index (χ3v) is 5.14. The first-order chi connectivity index (χ1) is 9.69. The molecule has 0 atom stereocenters. The summed E-state index contributed by atoms with van der Waals surface area (Å²) >= 11 is 0. The van der Waals surface area contributed by atoms with Crippen LogP contribution in [-0.4, -0.2) is 52.1 Å². The number of aromatic nitrogens is 2. The topological polar surface area (TPSA) is 39.5 Å². The lowest BCUT2D eigenvalue weighted by Gasteiger charge is -2.41. The minimum atomic E-state index is -0.315. The summed E-state index contributed by atoms with van der Waals surface area (Å²) in [4.78, 5) is 2.45. The Morgan fingerprint density at radius 1 is 1.19 bits per heavy atom. The van der Waals surface area contributed by atoms with Crippen LogP contribution < -0.4 is 5.46 Å². The molecule has 0 bridgehead atoms. The molecule has 0 N–H and O–H groups in total. The Kier molecular flexibility index (Phi) is 3.47. The standard InChI is InChI=1S/C15H26BN3O2/c1-11(2)18-9-13(10-18)19-8-12(7-17-19)16-20-14(3,4)15(5,6)21-16/h7-8,11,13H,9-10H2,1-6H3. The fourth-order valence-corrected chi connectivity index (χ4v) is 2.73. The van der Waals surface area contributed by atoms with Crippen LogP contribution >= 0.6 is 0 Å². The second-order valence-electron chi connectivity index (χ2n) is 7.54. The van der Waals surface area contributed by atoms with Gasteiger partial charge >= 0.3 is 7.12 Å². The smallest absolute Gasteiger partial charge is 0.399 e. The molecule has 2 fully saturated rings. The van der Waals surface area contributed by atoms with Crippen molar-refractivity contribution >= 4 is 12.6 Å². The summed E-state index contributed by atoms with van der Waals surface area (Å²) in [5.41, 5.74) is 0.409. The summed E-state index contributed by atoms with van der Waals surface area (Å²) in [5.74, 6) is 0. The summed E-state index contributed by atoms with van der Waals surface area (Å²) in [6, 6.07) is 1.09. The van der Waals surface area contributed by atoms with Crippen LogP contribution in [0.25, 0.3) is 0 Å². The summed E-state index contributed by atoms with van der Waals surface area (Å²) in [7, 11) is -0.315. The van der Waals surface area contributed by atoms with Crippen molar-refractivity contribution in [3.05, 3.63) is 12.4 Å². The molecule has 0 amide bonds. The maximum Gasteiger partial charge on any atom is 0.498 e. The van der Waals surface area contributed by atoms with Gasteiger partial charge in [0.25, 0.3) is 0 Å². The highest BCUT2D eigenvalue weighted by atomic mass is 16.7. The average Bonchev–Trinajstić information content (AvgIpc) is 2.80. The van der Waals surface area contributed by atoms with Gasteiger partial charge in [-0.25, -0.2) is 0 Å². The molecule has 0 radical (unpaired) electrons. The van der Waals surface area contributed by atoms with Gasteiger partial charge in [-0.3, -0.25) is 9.58 Å². The van der Waals surface area contributed by atoms with Crippen molar-refractivity contribution in [3.63, 3.8) is 0 Å². The Balaban J connectivity index is 1.67. The first-order valence-electron chi connectivity index (χ1n) is 7.83. The van der Waals surface area contributed by atoms with E-state index >= 15 is 0 Å². The van der Waals surface area contributed by atoms with Gasteiger partial charge in [-0.1, -0.05) is 0 Å². The Hall–Kier alpha value is -0.845. The molecule has 2 aliphatic heterocycles. The van der Waals surface area contributed by atoms with Gasteiger partial charge in [0.05, 0.1) is 17.2 Å². The molecule has 3 rings (SSSR count). The predicted molar refractivity (Wildman–Crippen MR) is 83.7 cm³/mol. The zero-order valence-corrected chi connectivity index (χ0v) is 14.0. The maximum absolute atomic E-state index is 6.07. The van der Waals surface area contributed by atoms with Crippen molar-refractivity contribution in [3.8, 4) is 0 Å². The minimum absolute atomic E-state index is 0.301. The summed E-state index contributed by atoms with van der Waals surface area (Å²) in [6.07, 6.45) is 3.95. The van der Waals surface area contributed by atoms with Crippen LogP contribution in [0.3, 0.4) is 0 Å². The van der Waals surface area contributed by atoms with Crippen molar-refractivity contribution in [1.82, 2.24) is 14.7 Å². The number of hydrogen-bond acceptors (Lipinski definition) is 4. The molecule has 1 aromatic heterocycles. The van der Waals surface area contributed by atoms with Gasteiger partial charge in [0, 0.05) is 37.0 Å². The second-order valence-corrected chi connectivity index (χ2v) is 7.54. The summed E-state index contributed by atoms with van der Waals surface area (Å²) < 4.78 is 14.2. The lowest BCUT2D eigenvalue weighted by molar-refractivity contribution is 0.00578. The first-order valence-corrected chi connectivity index (χ1v) is 7.83. The van der Waals surface area contributed by atoms with Crippen LogP contribution in [0.5, 0.6) is 0 Å². The molecule has 2 saturated heterocycles. The molecule has 0 saturated carbocycles. The lowest BCUT2D eigenvalue weighted by Crippen LogP contribution is -2.51. The van der Waals surface area contributed by atoms with Gasteiger partial charge in [0.2, 0.25) is 0 Å². The molecule has 21 heavy (non-hydrogen) atoms. The van der Waals surface area contributed by atoms with Gasteiger partial charge in [-0.15, -0.1) is 0 Å². The van der Waals surface area contributed by atoms with Gasteiger partial charge in [0.15, 0.2) is 0 Å². The molecule has 0 aliphatic carbocycles. The molecule has 0 spiro atoms. The van der Waals surface area contributed by atoms with Crippen molar-refractivity contribution in [2.24, 2.45) is 0 Å². The fourth-order valence-electron chi connectivity index (χ4n) is 2.73. The van der Waals surface area contributed by atoms with E-state index in [-0.39, 0.29) is 18.3 Å². The Morgan fingerprint density at radius 2 is 1.76 bits per heavy atom. The zero-order chi connectivity index (χ0) is 15.4. The van der Waals surface area contributed by atoms with Gasteiger partial charge in [-0.2, -0.15) is 5.10 Å². The van der Waals surface area contributed by atoms with Crippen molar-refractivity contribution in [1.29, 1.82) is 0 Å². The molecule has 1 aromatic rings. The third kappa shape index (κ3) is 2.54. The lowest BCUT2D eigenvalue weighted by atomic mass is 9.82. The van der Waals surface area contributed by atoms with E-state index in [4.69, 9.17) is 9.31 Å². The molecular formula is C15H26BN3O2. The molecular weight excluding hydrogens is 265 g/mol. The molecule has 6 heteroatoms. The van der Waals surface area contributed by atoms with Crippen molar-refractivity contribution in [2.45, 2.75) is 64.8 Å². The van der Waals surface area contributed by atoms with Gasteiger partial charge in [-0.05, 0) is 41.5 Å². The molecule has 116 valence electrons. The Labute approximate surface area is 127 Å².